The summed E-state index contributed by atoms with van der Waals surface area (Å²) in [5.41, 5.74) is 0. The maximum atomic E-state index is 2.58. The predicted octanol–water partition coefficient (Wildman–Crippen LogP) is 4.99. The van der Waals surface area contributed by atoms with Crippen molar-refractivity contribution in [3.63, 3.8) is 0 Å². The normalized spacial score (nSPS) is 22.5. The predicted molar refractivity (Wildman–Crippen MR) is 64.2 cm³/mol. The Balaban J connectivity index is 2.23. The van der Waals surface area contributed by atoms with Crippen LogP contribution in [0.1, 0.15) is 71.6 Å². The zero-order chi connectivity index (χ0) is 10.2. The van der Waals surface area contributed by atoms with Crippen LogP contribution in [0.25, 0.3) is 0 Å². The van der Waals surface area contributed by atoms with Gasteiger partial charge in [0.05, 0.1) is 0 Å². The summed E-state index contributed by atoms with van der Waals surface area (Å²) >= 11 is 0. The van der Waals surface area contributed by atoms with Crippen molar-refractivity contribution in [2.24, 2.45) is 11.8 Å². The highest BCUT2D eigenvalue weighted by molar-refractivity contribution is 4.79. The smallest absolute Gasteiger partial charge is 0.0329 e. The van der Waals surface area contributed by atoms with Gasteiger partial charge in [0.2, 0.25) is 0 Å². The maximum Gasteiger partial charge on any atom is -0.0329 e. The lowest BCUT2D eigenvalue weighted by Gasteiger charge is -2.19. The van der Waals surface area contributed by atoms with Gasteiger partial charge in [-0.25, -0.2) is 0 Å². The van der Waals surface area contributed by atoms with Gasteiger partial charge in [-0.05, 0) is 18.3 Å². The van der Waals surface area contributed by atoms with Gasteiger partial charge in [0.15, 0.2) is 0 Å². The van der Waals surface area contributed by atoms with Gasteiger partial charge >= 0.3 is 0 Å². The summed E-state index contributed by atoms with van der Waals surface area (Å²) in [5.74, 6) is 1.70. The van der Waals surface area contributed by atoms with Crippen LogP contribution in [0.15, 0.2) is 0 Å². The van der Waals surface area contributed by atoms with Crippen LogP contribution in [-0.4, -0.2) is 0 Å². The molecule has 0 bridgehead atoms. The van der Waals surface area contributed by atoms with Crippen molar-refractivity contribution in [3.8, 4) is 0 Å². The summed E-state index contributed by atoms with van der Waals surface area (Å²) in [6, 6.07) is 0. The molecule has 0 amide bonds. The van der Waals surface area contributed by atoms with Gasteiger partial charge in [0.25, 0.3) is 0 Å². The molecule has 0 saturated heterocycles. The summed E-state index contributed by atoms with van der Waals surface area (Å²) in [4.78, 5) is 0. The Morgan fingerprint density at radius 1 is 0.786 bits per heavy atom. The molecule has 0 aromatic rings. The minimum absolute atomic E-state index is 0.781. The van der Waals surface area contributed by atoms with Crippen LogP contribution in [0.2, 0.25) is 0 Å². The molecule has 1 aliphatic carbocycles. The van der Waals surface area contributed by atoms with Crippen molar-refractivity contribution < 1.29 is 0 Å². The maximum absolute atomic E-state index is 2.58. The second-order valence-electron chi connectivity index (χ2n) is 5.25. The Morgan fingerprint density at radius 3 is 1.64 bits per heavy atom. The van der Waals surface area contributed by atoms with Gasteiger partial charge < -0.3 is 0 Å². The van der Waals surface area contributed by atoms with Crippen molar-refractivity contribution in [1.82, 2.24) is 0 Å². The van der Waals surface area contributed by atoms with Gasteiger partial charge in [-0.15, -0.1) is 0 Å². The van der Waals surface area contributed by atoms with Gasteiger partial charge in [0, 0.05) is 0 Å². The average Bonchev–Trinajstić information content (AvgIpc) is 2.15. The number of rotatable bonds is 2. The van der Waals surface area contributed by atoms with Crippen molar-refractivity contribution in [3.05, 3.63) is 6.42 Å². The molecule has 1 aliphatic rings. The van der Waals surface area contributed by atoms with Gasteiger partial charge in [-0.1, -0.05) is 71.6 Å². The molecule has 1 saturated carbocycles. The Morgan fingerprint density at radius 2 is 1.21 bits per heavy atom. The van der Waals surface area contributed by atoms with Crippen LogP contribution < -0.4 is 0 Å². The molecule has 0 aromatic carbocycles. The van der Waals surface area contributed by atoms with Crippen LogP contribution in [0.5, 0.6) is 0 Å². The van der Waals surface area contributed by atoms with Crippen molar-refractivity contribution in [2.45, 2.75) is 71.6 Å². The van der Waals surface area contributed by atoms with Crippen LogP contribution in [0, 0.1) is 18.3 Å². The Bertz CT molecular complexity index is 116. The lowest BCUT2D eigenvalue weighted by atomic mass is 9.86. The molecule has 0 nitrogen and oxygen atoms in total. The van der Waals surface area contributed by atoms with E-state index in [4.69, 9.17) is 0 Å². The van der Waals surface area contributed by atoms with Crippen LogP contribution in [0.3, 0.4) is 0 Å². The molecule has 0 unspecified atom stereocenters. The van der Waals surface area contributed by atoms with E-state index in [0.29, 0.717) is 0 Å². The van der Waals surface area contributed by atoms with Gasteiger partial charge in [-0.3, -0.25) is 0 Å². The molecule has 83 valence electrons. The summed E-state index contributed by atoms with van der Waals surface area (Å²) in [6.45, 7) is 4.64. The van der Waals surface area contributed by atoms with Crippen molar-refractivity contribution in [1.29, 1.82) is 0 Å². The topological polar surface area (TPSA) is 0 Å². The molecule has 0 aromatic heterocycles. The van der Waals surface area contributed by atoms with Gasteiger partial charge in [0.1, 0.15) is 0 Å². The molecular weight excluding hydrogens is 168 g/mol. The van der Waals surface area contributed by atoms with Gasteiger partial charge in [-0.2, -0.15) is 0 Å². The van der Waals surface area contributed by atoms with Crippen molar-refractivity contribution >= 4 is 0 Å². The van der Waals surface area contributed by atoms with Crippen LogP contribution in [0.4, 0.5) is 0 Å². The van der Waals surface area contributed by atoms with E-state index in [2.05, 4.69) is 20.3 Å². The molecule has 1 radical (unpaired) electrons. The first kappa shape index (κ1) is 12.1. The minimum Gasteiger partial charge on any atom is -0.0625 e. The van der Waals surface area contributed by atoms with E-state index < -0.39 is 0 Å². The lowest BCUT2D eigenvalue weighted by Crippen LogP contribution is -2.07. The molecule has 0 aliphatic heterocycles. The zero-order valence-electron chi connectivity index (χ0n) is 10.1. The Hall–Kier alpha value is 0. The fraction of sp³-hybridized carbons (Fsp3) is 0.929. The van der Waals surface area contributed by atoms with Crippen LogP contribution in [-0.2, 0) is 0 Å². The van der Waals surface area contributed by atoms with E-state index in [-0.39, 0.29) is 0 Å². The monoisotopic (exact) mass is 195 g/mol. The highest BCUT2D eigenvalue weighted by atomic mass is 14.2. The molecule has 1 rings (SSSR count). The Labute approximate surface area is 90.5 Å². The standard InChI is InChI=1S/C14H27/c1-13(2)12-14-10-8-6-4-3-5-7-9-11-14/h12-14H,3-11H2,1-2H3. The van der Waals surface area contributed by atoms with E-state index in [1.807, 2.05) is 0 Å². The van der Waals surface area contributed by atoms with E-state index in [9.17, 15) is 0 Å². The van der Waals surface area contributed by atoms with E-state index >= 15 is 0 Å². The first-order valence-corrected chi connectivity index (χ1v) is 6.64. The highest BCUT2D eigenvalue weighted by Crippen LogP contribution is 2.25. The summed E-state index contributed by atoms with van der Waals surface area (Å²) in [5, 5.41) is 0. The molecule has 0 heterocycles. The third kappa shape index (κ3) is 5.67. The third-order valence-corrected chi connectivity index (χ3v) is 3.31. The quantitative estimate of drug-likeness (QED) is 0.582. The number of hydrogen-bond donors (Lipinski definition) is 0. The summed E-state index contributed by atoms with van der Waals surface area (Å²) in [7, 11) is 0. The van der Waals surface area contributed by atoms with Crippen molar-refractivity contribution in [2.75, 3.05) is 0 Å². The molecular formula is C14H27. The number of hydrogen-bond acceptors (Lipinski definition) is 0. The lowest BCUT2D eigenvalue weighted by molar-refractivity contribution is 0.403. The first-order chi connectivity index (χ1) is 6.79. The van der Waals surface area contributed by atoms with E-state index in [1.165, 1.54) is 57.8 Å². The molecule has 0 heteroatoms. The molecule has 0 atom stereocenters. The summed E-state index contributed by atoms with van der Waals surface area (Å²) < 4.78 is 0. The molecule has 14 heavy (non-hydrogen) atoms. The minimum atomic E-state index is 0.781. The first-order valence-electron chi connectivity index (χ1n) is 6.64. The Kier molecular flexibility index (Phi) is 6.31. The second-order valence-corrected chi connectivity index (χ2v) is 5.25. The van der Waals surface area contributed by atoms with E-state index in [0.717, 1.165) is 11.8 Å². The molecule has 1 fully saturated rings. The largest absolute Gasteiger partial charge is 0.0625 e. The average molecular weight is 195 g/mol. The molecule has 0 N–H and O–H groups in total. The third-order valence-electron chi connectivity index (χ3n) is 3.31. The highest BCUT2D eigenvalue weighted by Gasteiger charge is 2.11. The SMILES string of the molecule is CC(C)[CH]C1CCCCCCCCC1. The molecule has 0 spiro atoms. The zero-order valence-corrected chi connectivity index (χ0v) is 10.1. The van der Waals surface area contributed by atoms with E-state index in [1.54, 1.807) is 0 Å². The fourth-order valence-corrected chi connectivity index (χ4v) is 2.58. The second kappa shape index (κ2) is 7.31. The summed E-state index contributed by atoms with van der Waals surface area (Å²) in [6.07, 6.45) is 15.8. The van der Waals surface area contributed by atoms with Crippen LogP contribution >= 0.6 is 0 Å². The fourth-order valence-electron chi connectivity index (χ4n) is 2.58.